The molecule has 0 saturated carbocycles. The normalized spacial score (nSPS) is 13.5. The first kappa shape index (κ1) is 13.1. The van der Waals surface area contributed by atoms with E-state index in [1.54, 1.807) is 0 Å². The molecule has 2 N–H and O–H groups in total. The summed E-state index contributed by atoms with van der Waals surface area (Å²) in [6.07, 6.45) is -0.178. The zero-order valence-corrected chi connectivity index (χ0v) is 10.9. The van der Waals surface area contributed by atoms with Crippen molar-refractivity contribution in [1.82, 2.24) is 0 Å². The van der Waals surface area contributed by atoms with Crippen molar-refractivity contribution < 1.29 is 9.53 Å². The highest BCUT2D eigenvalue weighted by atomic mass is 16.6. The minimum Gasteiger partial charge on any atom is -0.438 e. The van der Waals surface area contributed by atoms with Gasteiger partial charge in [0.2, 0.25) is 0 Å². The Morgan fingerprint density at radius 3 is 2.11 bits per heavy atom. The molecule has 0 aliphatic carbocycles. The van der Waals surface area contributed by atoms with Crippen molar-refractivity contribution >= 4 is 6.09 Å². The number of ether oxygens (including phenoxy) is 1. The fourth-order valence-electron chi connectivity index (χ4n) is 2.20. The molecule has 0 bridgehead atoms. The van der Waals surface area contributed by atoms with E-state index in [-0.39, 0.29) is 0 Å². The van der Waals surface area contributed by atoms with Crippen LogP contribution in [-0.4, -0.2) is 6.09 Å². The summed E-state index contributed by atoms with van der Waals surface area (Å²) >= 11 is 0. The molecule has 0 aliphatic heterocycles. The lowest BCUT2D eigenvalue weighted by Gasteiger charge is -2.29. The number of nitrogens with two attached hydrogens (primary N) is 1. The van der Waals surface area contributed by atoms with E-state index in [1.807, 2.05) is 67.6 Å². The SMILES string of the molecule is CC(Cc1ccccc1)(OC(N)=O)c1ccccc1. The maximum Gasteiger partial charge on any atom is 0.405 e. The number of hydrogen-bond acceptors (Lipinski definition) is 2. The van der Waals surface area contributed by atoms with Gasteiger partial charge in [-0.2, -0.15) is 0 Å². The predicted molar refractivity (Wildman–Crippen MR) is 74.6 cm³/mol. The molecular weight excluding hydrogens is 238 g/mol. The molecule has 0 heterocycles. The molecule has 1 atom stereocenters. The van der Waals surface area contributed by atoms with Gasteiger partial charge in [-0.25, -0.2) is 4.79 Å². The topological polar surface area (TPSA) is 52.3 Å². The average Bonchev–Trinajstić information content (AvgIpc) is 2.40. The maximum absolute atomic E-state index is 11.2. The van der Waals surface area contributed by atoms with E-state index in [1.165, 1.54) is 0 Å². The number of carbonyl (C=O) groups is 1. The van der Waals surface area contributed by atoms with Gasteiger partial charge in [0.15, 0.2) is 0 Å². The van der Waals surface area contributed by atoms with Crippen molar-refractivity contribution in [2.75, 3.05) is 0 Å². The summed E-state index contributed by atoms with van der Waals surface area (Å²) in [5.41, 5.74) is 6.47. The van der Waals surface area contributed by atoms with E-state index in [2.05, 4.69) is 0 Å². The molecule has 1 amide bonds. The molecule has 0 aliphatic rings. The van der Waals surface area contributed by atoms with Crippen molar-refractivity contribution in [3.8, 4) is 0 Å². The third-order valence-electron chi connectivity index (χ3n) is 3.09. The second kappa shape index (κ2) is 5.57. The Balaban J connectivity index is 2.32. The molecule has 2 aromatic rings. The molecule has 19 heavy (non-hydrogen) atoms. The van der Waals surface area contributed by atoms with E-state index in [9.17, 15) is 4.79 Å². The van der Waals surface area contributed by atoms with Crippen LogP contribution in [0.3, 0.4) is 0 Å². The second-order valence-electron chi connectivity index (χ2n) is 4.68. The highest BCUT2D eigenvalue weighted by Crippen LogP contribution is 2.29. The molecule has 0 aromatic heterocycles. The first-order valence-electron chi connectivity index (χ1n) is 6.18. The van der Waals surface area contributed by atoms with Crippen molar-refractivity contribution in [1.29, 1.82) is 0 Å². The van der Waals surface area contributed by atoms with Gasteiger partial charge in [0.25, 0.3) is 0 Å². The van der Waals surface area contributed by atoms with Gasteiger partial charge >= 0.3 is 6.09 Å². The molecule has 2 rings (SSSR count). The van der Waals surface area contributed by atoms with Gasteiger partial charge in [0, 0.05) is 6.42 Å². The van der Waals surface area contributed by atoms with E-state index in [0.717, 1.165) is 11.1 Å². The summed E-state index contributed by atoms with van der Waals surface area (Å²) in [5, 5.41) is 0. The molecule has 2 aromatic carbocycles. The number of benzene rings is 2. The van der Waals surface area contributed by atoms with Crippen LogP contribution < -0.4 is 5.73 Å². The molecule has 0 fully saturated rings. The van der Waals surface area contributed by atoms with Crippen LogP contribution >= 0.6 is 0 Å². The fraction of sp³-hybridized carbons (Fsp3) is 0.188. The average molecular weight is 255 g/mol. The molecule has 98 valence electrons. The summed E-state index contributed by atoms with van der Waals surface area (Å²) in [7, 11) is 0. The van der Waals surface area contributed by atoms with Gasteiger partial charge in [-0.3, -0.25) is 0 Å². The van der Waals surface area contributed by atoms with Gasteiger partial charge in [0.05, 0.1) is 0 Å². The summed E-state index contributed by atoms with van der Waals surface area (Å²) in [6.45, 7) is 1.88. The van der Waals surface area contributed by atoms with Crippen LogP contribution in [0.4, 0.5) is 4.79 Å². The molecule has 0 saturated heterocycles. The lowest BCUT2D eigenvalue weighted by atomic mass is 9.89. The van der Waals surface area contributed by atoms with Gasteiger partial charge in [-0.05, 0) is 18.1 Å². The van der Waals surface area contributed by atoms with Gasteiger partial charge < -0.3 is 10.5 Å². The summed E-state index contributed by atoms with van der Waals surface area (Å²) in [5.74, 6) is 0. The summed E-state index contributed by atoms with van der Waals surface area (Å²) in [4.78, 5) is 11.2. The summed E-state index contributed by atoms with van der Waals surface area (Å²) in [6, 6.07) is 19.5. The monoisotopic (exact) mass is 255 g/mol. The number of amides is 1. The highest BCUT2D eigenvalue weighted by molar-refractivity contribution is 5.65. The number of primary amides is 1. The van der Waals surface area contributed by atoms with Crippen LogP contribution in [0.2, 0.25) is 0 Å². The minimum atomic E-state index is -0.762. The van der Waals surface area contributed by atoms with Gasteiger partial charge in [-0.1, -0.05) is 60.7 Å². The maximum atomic E-state index is 11.2. The predicted octanol–water partition coefficient (Wildman–Crippen LogP) is 3.24. The number of hydrogen-bond donors (Lipinski definition) is 1. The third kappa shape index (κ3) is 3.35. The minimum absolute atomic E-state index is 0.584. The molecule has 1 unspecified atom stereocenters. The Morgan fingerprint density at radius 2 is 1.58 bits per heavy atom. The van der Waals surface area contributed by atoms with E-state index < -0.39 is 11.7 Å². The van der Waals surface area contributed by atoms with Crippen LogP contribution in [0.25, 0.3) is 0 Å². The quantitative estimate of drug-likeness (QED) is 0.911. The third-order valence-corrected chi connectivity index (χ3v) is 3.09. The molecule has 3 heteroatoms. The van der Waals surface area contributed by atoms with E-state index in [4.69, 9.17) is 10.5 Å². The molecular formula is C16H17NO2. The van der Waals surface area contributed by atoms with Gasteiger partial charge in [0.1, 0.15) is 5.60 Å². The second-order valence-corrected chi connectivity index (χ2v) is 4.68. The highest BCUT2D eigenvalue weighted by Gasteiger charge is 2.30. The van der Waals surface area contributed by atoms with E-state index in [0.29, 0.717) is 6.42 Å². The van der Waals surface area contributed by atoms with Crippen LogP contribution in [0.5, 0.6) is 0 Å². The number of rotatable bonds is 4. The van der Waals surface area contributed by atoms with Gasteiger partial charge in [-0.15, -0.1) is 0 Å². The molecule has 0 radical (unpaired) electrons. The Bertz CT molecular complexity index is 539. The Morgan fingerprint density at radius 1 is 1.05 bits per heavy atom. The van der Waals surface area contributed by atoms with Crippen molar-refractivity contribution in [3.05, 3.63) is 71.8 Å². The first-order valence-corrected chi connectivity index (χ1v) is 6.18. The van der Waals surface area contributed by atoms with Crippen LogP contribution in [-0.2, 0) is 16.8 Å². The Hall–Kier alpha value is -2.29. The van der Waals surface area contributed by atoms with Crippen LogP contribution in [0.15, 0.2) is 60.7 Å². The number of carbonyl (C=O) groups excluding carboxylic acids is 1. The van der Waals surface area contributed by atoms with Crippen molar-refractivity contribution in [2.45, 2.75) is 18.9 Å². The lowest BCUT2D eigenvalue weighted by molar-refractivity contribution is 0.0282. The molecule has 3 nitrogen and oxygen atoms in total. The van der Waals surface area contributed by atoms with E-state index >= 15 is 0 Å². The largest absolute Gasteiger partial charge is 0.438 e. The Labute approximate surface area is 113 Å². The van der Waals surface area contributed by atoms with Crippen LogP contribution in [0, 0.1) is 0 Å². The lowest BCUT2D eigenvalue weighted by Crippen LogP contribution is -2.34. The zero-order chi connectivity index (χ0) is 13.7. The van der Waals surface area contributed by atoms with Crippen molar-refractivity contribution in [3.63, 3.8) is 0 Å². The van der Waals surface area contributed by atoms with Crippen molar-refractivity contribution in [2.24, 2.45) is 5.73 Å². The van der Waals surface area contributed by atoms with Crippen LogP contribution in [0.1, 0.15) is 18.1 Å². The standard InChI is InChI=1S/C16H17NO2/c1-16(19-15(17)18,14-10-6-3-7-11-14)12-13-8-4-2-5-9-13/h2-11H,12H2,1H3,(H2,17,18). The smallest absolute Gasteiger partial charge is 0.405 e. The fourth-order valence-corrected chi connectivity index (χ4v) is 2.20. The zero-order valence-electron chi connectivity index (χ0n) is 10.9. The first-order chi connectivity index (χ1) is 9.10. The molecule has 0 spiro atoms. The Kier molecular flexibility index (Phi) is 3.85. The summed E-state index contributed by atoms with van der Waals surface area (Å²) < 4.78 is 5.37.